The number of nitrogens with zero attached hydrogens (tertiary/aromatic N) is 1. The maximum atomic E-state index is 13.7. The molecular formula is C21H35ClN2O2. The second kappa shape index (κ2) is 6.09. The Hall–Kier alpha value is -0.320. The number of carbonyl (C=O) groups excluding carboxylic acids is 1. The summed E-state index contributed by atoms with van der Waals surface area (Å²) in [6, 6.07) is 0.431. The zero-order chi connectivity index (χ0) is 17.6. The Balaban J connectivity index is 0.00000168. The van der Waals surface area contributed by atoms with Gasteiger partial charge in [-0.25, -0.2) is 0 Å². The van der Waals surface area contributed by atoms with E-state index in [0.29, 0.717) is 6.04 Å². The van der Waals surface area contributed by atoms with Gasteiger partial charge in [-0.1, -0.05) is 13.8 Å². The summed E-state index contributed by atoms with van der Waals surface area (Å²) >= 11 is 0. The average Bonchev–Trinajstić information content (AvgIpc) is 2.59. The van der Waals surface area contributed by atoms with E-state index in [2.05, 4.69) is 25.8 Å². The van der Waals surface area contributed by atoms with E-state index in [0.717, 1.165) is 43.1 Å². The summed E-state index contributed by atoms with van der Waals surface area (Å²) in [7, 11) is 2.05. The molecule has 6 fully saturated rings. The fourth-order valence-corrected chi connectivity index (χ4v) is 7.97. The van der Waals surface area contributed by atoms with Gasteiger partial charge in [0, 0.05) is 31.0 Å². The molecule has 0 aromatic carbocycles. The van der Waals surface area contributed by atoms with Crippen molar-refractivity contribution in [3.05, 3.63) is 0 Å². The Morgan fingerprint density at radius 3 is 2.23 bits per heavy atom. The van der Waals surface area contributed by atoms with Crippen molar-refractivity contribution in [2.24, 2.45) is 40.7 Å². The van der Waals surface area contributed by atoms with Crippen LogP contribution in [-0.4, -0.2) is 42.1 Å². The maximum Gasteiger partial charge on any atom is 0.243 e. The minimum absolute atomic E-state index is 0. The summed E-state index contributed by atoms with van der Waals surface area (Å²) in [6.45, 7) is 5.10. The van der Waals surface area contributed by atoms with Crippen molar-refractivity contribution in [2.45, 2.75) is 76.5 Å². The van der Waals surface area contributed by atoms with Crippen molar-refractivity contribution >= 4 is 18.3 Å². The van der Waals surface area contributed by atoms with Crippen LogP contribution >= 0.6 is 12.4 Å². The summed E-state index contributed by atoms with van der Waals surface area (Å²) in [5.74, 6) is 3.70. The number of rotatable bonds is 2. The smallest absolute Gasteiger partial charge is 0.243 e. The topological polar surface area (TPSA) is 55.6 Å². The van der Waals surface area contributed by atoms with E-state index in [9.17, 15) is 4.79 Å². The summed E-state index contributed by atoms with van der Waals surface area (Å²) in [4.78, 5) is 15.8. The van der Waals surface area contributed by atoms with Gasteiger partial charge in [-0.2, -0.15) is 0 Å². The van der Waals surface area contributed by atoms with Crippen LogP contribution in [-0.2, 0) is 9.53 Å². The molecule has 1 amide bonds. The second-order valence-corrected chi connectivity index (χ2v) is 10.5. The molecule has 3 atom stereocenters. The quantitative estimate of drug-likeness (QED) is 0.797. The van der Waals surface area contributed by atoms with Crippen LogP contribution in [0.2, 0.25) is 0 Å². The SMILES string of the molecule is CN(C(=O)C1(N)C2CCCOC2C1(C)C)C1C2CC3CC(C2)CC1C3.Cl. The Morgan fingerprint density at radius 2 is 1.65 bits per heavy atom. The summed E-state index contributed by atoms with van der Waals surface area (Å²) < 4.78 is 6.01. The van der Waals surface area contributed by atoms with Crippen LogP contribution in [0.4, 0.5) is 0 Å². The molecule has 3 unspecified atom stereocenters. The standard InChI is InChI=1S/C21H34N2O2.ClH/c1-20(2)18-16(5-4-6-25-18)21(20,22)19(24)23(3)17-14-8-12-7-13(10-14)11-15(17)9-12;/h12-18H,4-11,22H2,1-3H3;1H. The van der Waals surface area contributed by atoms with Crippen molar-refractivity contribution in [1.29, 1.82) is 0 Å². The van der Waals surface area contributed by atoms with E-state index in [1.54, 1.807) is 0 Å². The lowest BCUT2D eigenvalue weighted by Gasteiger charge is -2.66. The van der Waals surface area contributed by atoms with Gasteiger partial charge in [0.2, 0.25) is 5.91 Å². The van der Waals surface area contributed by atoms with Crippen LogP contribution in [0.5, 0.6) is 0 Å². The van der Waals surface area contributed by atoms with E-state index in [1.165, 1.54) is 32.1 Å². The molecule has 1 heterocycles. The fraction of sp³-hybridized carbons (Fsp3) is 0.952. The van der Waals surface area contributed by atoms with Gasteiger partial charge in [0.15, 0.2) is 0 Å². The van der Waals surface area contributed by atoms with Crippen molar-refractivity contribution in [1.82, 2.24) is 4.90 Å². The number of fused-ring (bicyclic) bond motifs is 1. The van der Waals surface area contributed by atoms with Gasteiger partial charge in [0.25, 0.3) is 0 Å². The number of likely N-dealkylation sites (N-methyl/N-ethyl adjacent to an activating group) is 1. The van der Waals surface area contributed by atoms with Gasteiger partial charge in [0.1, 0.15) is 5.54 Å². The monoisotopic (exact) mass is 382 g/mol. The lowest BCUT2D eigenvalue weighted by molar-refractivity contribution is -0.232. The molecule has 5 heteroatoms. The van der Waals surface area contributed by atoms with E-state index < -0.39 is 5.54 Å². The molecule has 5 saturated carbocycles. The molecule has 26 heavy (non-hydrogen) atoms. The third-order valence-electron chi connectivity index (χ3n) is 8.98. The van der Waals surface area contributed by atoms with Gasteiger partial charge in [-0.05, 0) is 68.6 Å². The van der Waals surface area contributed by atoms with Crippen LogP contribution in [0.15, 0.2) is 0 Å². The Morgan fingerprint density at radius 1 is 1.08 bits per heavy atom. The predicted molar refractivity (Wildman–Crippen MR) is 104 cm³/mol. The molecule has 4 nitrogen and oxygen atoms in total. The number of hydrogen-bond donors (Lipinski definition) is 1. The van der Waals surface area contributed by atoms with Crippen LogP contribution in [0.25, 0.3) is 0 Å². The first-order valence-corrected chi connectivity index (χ1v) is 10.5. The van der Waals surface area contributed by atoms with E-state index >= 15 is 0 Å². The molecule has 6 rings (SSSR count). The molecule has 0 radical (unpaired) electrons. The van der Waals surface area contributed by atoms with Gasteiger partial charge in [-0.15, -0.1) is 12.4 Å². The van der Waals surface area contributed by atoms with E-state index in [-0.39, 0.29) is 35.8 Å². The molecule has 148 valence electrons. The van der Waals surface area contributed by atoms with E-state index in [1.807, 2.05) is 0 Å². The minimum Gasteiger partial charge on any atom is -0.377 e. The van der Waals surface area contributed by atoms with E-state index in [4.69, 9.17) is 10.5 Å². The summed E-state index contributed by atoms with van der Waals surface area (Å²) in [5, 5.41) is 0. The molecule has 5 aliphatic carbocycles. The molecular weight excluding hydrogens is 348 g/mol. The van der Waals surface area contributed by atoms with Crippen molar-refractivity contribution in [2.75, 3.05) is 13.7 Å². The summed E-state index contributed by atoms with van der Waals surface area (Å²) in [5.41, 5.74) is 5.88. The molecule has 0 aromatic heterocycles. The van der Waals surface area contributed by atoms with Gasteiger partial charge >= 0.3 is 0 Å². The highest BCUT2D eigenvalue weighted by Gasteiger charge is 2.71. The maximum absolute atomic E-state index is 13.7. The van der Waals surface area contributed by atoms with Crippen molar-refractivity contribution in [3.8, 4) is 0 Å². The normalized spacial score (nSPS) is 50.4. The third-order valence-corrected chi connectivity index (χ3v) is 8.98. The molecule has 0 aromatic rings. The molecule has 1 saturated heterocycles. The Bertz CT molecular complexity index is 567. The van der Waals surface area contributed by atoms with Crippen molar-refractivity contribution < 1.29 is 9.53 Å². The third kappa shape index (κ3) is 2.24. The van der Waals surface area contributed by atoms with Crippen LogP contribution in [0.1, 0.15) is 58.8 Å². The fourth-order valence-electron chi connectivity index (χ4n) is 7.97. The minimum atomic E-state index is -0.749. The van der Waals surface area contributed by atoms with Crippen LogP contribution in [0.3, 0.4) is 0 Å². The highest BCUT2D eigenvalue weighted by atomic mass is 35.5. The molecule has 2 N–H and O–H groups in total. The first kappa shape index (κ1) is 19.0. The number of carbonyl (C=O) groups is 1. The van der Waals surface area contributed by atoms with Gasteiger partial charge < -0.3 is 15.4 Å². The summed E-state index contributed by atoms with van der Waals surface area (Å²) in [6.07, 6.45) is 9.03. The number of nitrogens with two attached hydrogens (primary N) is 1. The molecule has 0 spiro atoms. The first-order valence-electron chi connectivity index (χ1n) is 10.5. The van der Waals surface area contributed by atoms with Gasteiger partial charge in [0.05, 0.1) is 6.10 Å². The lowest BCUT2D eigenvalue weighted by Crippen LogP contribution is -2.83. The first-order chi connectivity index (χ1) is 11.8. The highest BCUT2D eigenvalue weighted by Crippen LogP contribution is 2.59. The average molecular weight is 383 g/mol. The second-order valence-electron chi connectivity index (χ2n) is 10.5. The zero-order valence-corrected chi connectivity index (χ0v) is 17.3. The molecule has 4 bridgehead atoms. The highest BCUT2D eigenvalue weighted by molar-refractivity contribution is 5.89. The van der Waals surface area contributed by atoms with Crippen LogP contribution in [0, 0.1) is 35.0 Å². The zero-order valence-electron chi connectivity index (χ0n) is 16.4. The Labute approximate surface area is 164 Å². The van der Waals surface area contributed by atoms with Gasteiger partial charge in [-0.3, -0.25) is 4.79 Å². The number of hydrogen-bond acceptors (Lipinski definition) is 3. The number of amides is 1. The lowest BCUT2D eigenvalue weighted by atomic mass is 9.46. The van der Waals surface area contributed by atoms with Crippen LogP contribution < -0.4 is 5.73 Å². The molecule has 6 aliphatic rings. The largest absolute Gasteiger partial charge is 0.377 e. The Kier molecular flexibility index (Phi) is 4.45. The predicted octanol–water partition coefficient (Wildman–Crippen LogP) is 3.22. The van der Waals surface area contributed by atoms with Crippen molar-refractivity contribution in [3.63, 3.8) is 0 Å². The number of ether oxygens (including phenoxy) is 1. The molecule has 1 aliphatic heterocycles. The number of halogens is 1.